The SMILES string of the molecule is CCc1c(C(=O)N2CCC(C)C(O)C2)cnn1-c1ccccc1. The molecule has 0 aliphatic carbocycles. The molecule has 23 heavy (non-hydrogen) atoms. The van der Waals surface area contributed by atoms with Gasteiger partial charge in [-0.05, 0) is 30.9 Å². The van der Waals surface area contributed by atoms with Crippen molar-refractivity contribution in [2.45, 2.75) is 32.8 Å². The van der Waals surface area contributed by atoms with Crippen LogP contribution in [0.1, 0.15) is 36.3 Å². The highest BCUT2D eigenvalue weighted by atomic mass is 16.3. The van der Waals surface area contributed by atoms with E-state index in [0.717, 1.165) is 24.2 Å². The second kappa shape index (κ2) is 6.54. The number of likely N-dealkylation sites (tertiary alicyclic amines) is 1. The summed E-state index contributed by atoms with van der Waals surface area (Å²) in [6, 6.07) is 9.83. The van der Waals surface area contributed by atoms with Gasteiger partial charge in [0.05, 0.1) is 29.2 Å². The number of aliphatic hydroxyl groups is 1. The monoisotopic (exact) mass is 313 g/mol. The maximum Gasteiger partial charge on any atom is 0.257 e. The van der Waals surface area contributed by atoms with Crippen LogP contribution in [0.15, 0.2) is 36.5 Å². The van der Waals surface area contributed by atoms with Crippen molar-refractivity contribution in [2.24, 2.45) is 5.92 Å². The molecule has 0 saturated carbocycles. The smallest absolute Gasteiger partial charge is 0.257 e. The van der Waals surface area contributed by atoms with E-state index in [0.29, 0.717) is 18.7 Å². The van der Waals surface area contributed by atoms with Crippen LogP contribution in [-0.2, 0) is 6.42 Å². The molecule has 1 aromatic heterocycles. The van der Waals surface area contributed by atoms with Gasteiger partial charge < -0.3 is 10.0 Å². The van der Waals surface area contributed by atoms with Gasteiger partial charge in [-0.3, -0.25) is 4.79 Å². The van der Waals surface area contributed by atoms with E-state index in [9.17, 15) is 9.90 Å². The number of rotatable bonds is 3. The van der Waals surface area contributed by atoms with Gasteiger partial charge in [-0.2, -0.15) is 5.10 Å². The van der Waals surface area contributed by atoms with Gasteiger partial charge in [0.2, 0.25) is 0 Å². The average molecular weight is 313 g/mol. The lowest BCUT2D eigenvalue weighted by Crippen LogP contribution is -2.46. The Morgan fingerprint density at radius 3 is 2.74 bits per heavy atom. The lowest BCUT2D eigenvalue weighted by molar-refractivity contribution is 0.0248. The topological polar surface area (TPSA) is 58.4 Å². The number of hydrogen-bond donors (Lipinski definition) is 1. The fourth-order valence-corrected chi connectivity index (χ4v) is 3.09. The molecule has 2 unspecified atom stereocenters. The molecule has 3 rings (SSSR count). The molecule has 1 aliphatic rings. The predicted octanol–water partition coefficient (Wildman–Crippen LogP) is 2.28. The first-order chi connectivity index (χ1) is 11.1. The zero-order valence-corrected chi connectivity index (χ0v) is 13.6. The molecular formula is C18H23N3O2. The fourth-order valence-electron chi connectivity index (χ4n) is 3.09. The van der Waals surface area contributed by atoms with Crippen LogP contribution in [0.4, 0.5) is 0 Å². The van der Waals surface area contributed by atoms with E-state index in [1.54, 1.807) is 11.1 Å². The summed E-state index contributed by atoms with van der Waals surface area (Å²) in [6.07, 6.45) is 2.77. The molecule has 1 aliphatic heterocycles. The molecule has 0 radical (unpaired) electrons. The van der Waals surface area contributed by atoms with Crippen molar-refractivity contribution in [1.82, 2.24) is 14.7 Å². The van der Waals surface area contributed by atoms with Gasteiger partial charge in [0.15, 0.2) is 0 Å². The lowest BCUT2D eigenvalue weighted by Gasteiger charge is -2.34. The van der Waals surface area contributed by atoms with E-state index in [2.05, 4.69) is 5.10 Å². The number of carbonyl (C=O) groups is 1. The molecule has 0 bridgehead atoms. The maximum absolute atomic E-state index is 12.8. The van der Waals surface area contributed by atoms with Crippen molar-refractivity contribution >= 4 is 5.91 Å². The van der Waals surface area contributed by atoms with Crippen LogP contribution in [0.3, 0.4) is 0 Å². The van der Waals surface area contributed by atoms with Gasteiger partial charge in [0, 0.05) is 13.1 Å². The number of amides is 1. The van der Waals surface area contributed by atoms with Crippen LogP contribution in [0.5, 0.6) is 0 Å². The van der Waals surface area contributed by atoms with Gasteiger partial charge >= 0.3 is 0 Å². The lowest BCUT2D eigenvalue weighted by atomic mass is 9.95. The first-order valence-electron chi connectivity index (χ1n) is 8.21. The standard InChI is InChI=1S/C18H23N3O2/c1-3-16-15(11-19-21(16)14-7-5-4-6-8-14)18(23)20-10-9-13(2)17(22)12-20/h4-8,11,13,17,22H,3,9-10,12H2,1-2H3. The van der Waals surface area contributed by atoms with E-state index in [-0.39, 0.29) is 11.8 Å². The highest BCUT2D eigenvalue weighted by Gasteiger charge is 2.29. The summed E-state index contributed by atoms with van der Waals surface area (Å²) in [5, 5.41) is 14.5. The van der Waals surface area contributed by atoms with Crippen molar-refractivity contribution in [3.8, 4) is 5.69 Å². The number of aromatic nitrogens is 2. The molecule has 1 amide bonds. The largest absolute Gasteiger partial charge is 0.391 e. The van der Waals surface area contributed by atoms with Gasteiger partial charge in [-0.1, -0.05) is 32.0 Å². The van der Waals surface area contributed by atoms with Crippen LogP contribution >= 0.6 is 0 Å². The summed E-state index contributed by atoms with van der Waals surface area (Å²) in [4.78, 5) is 14.6. The fraction of sp³-hybridized carbons (Fsp3) is 0.444. The third-order valence-corrected chi connectivity index (χ3v) is 4.64. The Labute approximate surface area is 136 Å². The van der Waals surface area contributed by atoms with Crippen molar-refractivity contribution in [3.05, 3.63) is 47.8 Å². The van der Waals surface area contributed by atoms with Crippen LogP contribution in [-0.4, -0.2) is 44.9 Å². The maximum atomic E-state index is 12.8. The summed E-state index contributed by atoms with van der Waals surface area (Å²) in [6.45, 7) is 5.15. The molecular weight excluding hydrogens is 290 g/mol. The number of piperidine rings is 1. The highest BCUT2D eigenvalue weighted by Crippen LogP contribution is 2.22. The van der Waals surface area contributed by atoms with Crippen LogP contribution in [0.25, 0.3) is 5.69 Å². The third-order valence-electron chi connectivity index (χ3n) is 4.64. The van der Waals surface area contributed by atoms with E-state index in [1.165, 1.54) is 0 Å². The quantitative estimate of drug-likeness (QED) is 0.946. The molecule has 2 aromatic rings. The van der Waals surface area contributed by atoms with E-state index >= 15 is 0 Å². The summed E-state index contributed by atoms with van der Waals surface area (Å²) in [5.41, 5.74) is 2.50. The normalized spacial score (nSPS) is 21.4. The Balaban J connectivity index is 1.89. The van der Waals surface area contributed by atoms with Gasteiger partial charge in [-0.15, -0.1) is 0 Å². The molecule has 1 saturated heterocycles. The predicted molar refractivity (Wildman–Crippen MR) is 88.6 cm³/mol. The van der Waals surface area contributed by atoms with Crippen LogP contribution in [0.2, 0.25) is 0 Å². The Kier molecular flexibility index (Phi) is 4.48. The van der Waals surface area contributed by atoms with E-state index < -0.39 is 6.10 Å². The number of para-hydroxylation sites is 1. The first kappa shape index (κ1) is 15.7. The summed E-state index contributed by atoms with van der Waals surface area (Å²) >= 11 is 0. The van der Waals surface area contributed by atoms with Gasteiger partial charge in [0.1, 0.15) is 0 Å². The first-order valence-corrected chi connectivity index (χ1v) is 8.21. The summed E-state index contributed by atoms with van der Waals surface area (Å²) in [5.74, 6) is 0.215. The van der Waals surface area contributed by atoms with Crippen molar-refractivity contribution in [2.75, 3.05) is 13.1 Å². The molecule has 5 nitrogen and oxygen atoms in total. The Bertz CT molecular complexity index is 681. The Hall–Kier alpha value is -2.14. The molecule has 1 N–H and O–H groups in total. The zero-order chi connectivity index (χ0) is 16.4. The van der Waals surface area contributed by atoms with E-state index in [1.807, 2.05) is 48.9 Å². The van der Waals surface area contributed by atoms with Gasteiger partial charge in [0.25, 0.3) is 5.91 Å². The second-order valence-electron chi connectivity index (χ2n) is 6.19. The molecule has 2 atom stereocenters. The second-order valence-corrected chi connectivity index (χ2v) is 6.19. The van der Waals surface area contributed by atoms with Crippen molar-refractivity contribution < 1.29 is 9.90 Å². The number of β-amino-alcohol motifs (C(OH)–C–C–N with tert-alkyl or cyclic N) is 1. The number of aliphatic hydroxyl groups excluding tert-OH is 1. The number of benzene rings is 1. The molecule has 0 spiro atoms. The van der Waals surface area contributed by atoms with Crippen molar-refractivity contribution in [1.29, 1.82) is 0 Å². The van der Waals surface area contributed by atoms with Crippen LogP contribution < -0.4 is 0 Å². The third kappa shape index (κ3) is 3.01. The average Bonchev–Trinajstić information content (AvgIpc) is 3.01. The zero-order valence-electron chi connectivity index (χ0n) is 13.6. The minimum Gasteiger partial charge on any atom is -0.391 e. The van der Waals surface area contributed by atoms with Crippen LogP contribution in [0, 0.1) is 5.92 Å². The minimum absolute atomic E-state index is 0.0324. The van der Waals surface area contributed by atoms with E-state index in [4.69, 9.17) is 0 Å². The molecule has 122 valence electrons. The Morgan fingerprint density at radius 1 is 1.35 bits per heavy atom. The van der Waals surface area contributed by atoms with Gasteiger partial charge in [-0.25, -0.2) is 4.68 Å². The van der Waals surface area contributed by atoms with Crippen molar-refractivity contribution in [3.63, 3.8) is 0 Å². The summed E-state index contributed by atoms with van der Waals surface area (Å²) in [7, 11) is 0. The Morgan fingerprint density at radius 2 is 2.09 bits per heavy atom. The number of nitrogens with zero attached hydrogens (tertiary/aromatic N) is 3. The summed E-state index contributed by atoms with van der Waals surface area (Å²) < 4.78 is 1.83. The molecule has 1 aromatic carbocycles. The minimum atomic E-state index is -0.443. The molecule has 2 heterocycles. The highest BCUT2D eigenvalue weighted by molar-refractivity contribution is 5.95. The molecule has 5 heteroatoms. The molecule has 1 fully saturated rings. The number of hydrogen-bond acceptors (Lipinski definition) is 3. The number of carbonyl (C=O) groups excluding carboxylic acids is 1.